The van der Waals surface area contributed by atoms with E-state index in [9.17, 15) is 9.18 Å². The van der Waals surface area contributed by atoms with Crippen molar-refractivity contribution in [1.82, 2.24) is 4.90 Å². The lowest BCUT2D eigenvalue weighted by Crippen LogP contribution is -2.50. The minimum Gasteiger partial charge on any atom is -0.483 e. The van der Waals surface area contributed by atoms with Crippen molar-refractivity contribution in [1.29, 1.82) is 0 Å². The molecule has 1 aliphatic heterocycles. The van der Waals surface area contributed by atoms with Gasteiger partial charge in [0.05, 0.1) is 4.47 Å². The first-order chi connectivity index (χ1) is 12.6. The average Bonchev–Trinajstić information content (AvgIpc) is 2.67. The van der Waals surface area contributed by atoms with E-state index in [2.05, 4.69) is 27.8 Å². The number of nitrogens with zero attached hydrogens (tertiary/aromatic N) is 2. The first-order valence-corrected chi connectivity index (χ1v) is 9.55. The Morgan fingerprint density at radius 1 is 1.12 bits per heavy atom. The van der Waals surface area contributed by atoms with Crippen LogP contribution in [0.25, 0.3) is 0 Å². The number of hydrogen-bond donors (Lipinski definition) is 0. The number of aryl methyl sites for hydroxylation is 1. The Bertz CT molecular complexity index is 759. The van der Waals surface area contributed by atoms with Crippen LogP contribution in [0.1, 0.15) is 12.5 Å². The van der Waals surface area contributed by atoms with E-state index in [1.54, 1.807) is 12.1 Å². The fourth-order valence-corrected chi connectivity index (χ4v) is 3.52. The lowest BCUT2D eigenvalue weighted by atomic mass is 10.2. The van der Waals surface area contributed by atoms with Crippen molar-refractivity contribution in [3.8, 4) is 5.75 Å². The van der Waals surface area contributed by atoms with E-state index in [0.717, 1.165) is 29.7 Å². The van der Waals surface area contributed by atoms with Crippen LogP contribution in [0.5, 0.6) is 5.75 Å². The van der Waals surface area contributed by atoms with Gasteiger partial charge in [0.2, 0.25) is 0 Å². The Labute approximate surface area is 161 Å². The van der Waals surface area contributed by atoms with Crippen molar-refractivity contribution in [2.24, 2.45) is 0 Å². The van der Waals surface area contributed by atoms with Gasteiger partial charge in [-0.05, 0) is 64.3 Å². The molecule has 1 amide bonds. The van der Waals surface area contributed by atoms with Gasteiger partial charge in [0.1, 0.15) is 11.6 Å². The molecular weight excluding hydrogens is 399 g/mol. The third-order valence-corrected chi connectivity index (χ3v) is 5.20. The van der Waals surface area contributed by atoms with Crippen molar-refractivity contribution >= 4 is 27.5 Å². The standard InChI is InChI=1S/C20H22BrFN2O2/c1-2-15-3-8-19(18(21)13-15)26-14-20(25)24-11-9-23(10-12-24)17-6-4-16(22)5-7-17/h3-8,13H,2,9-12,14H2,1H3. The molecule has 0 N–H and O–H groups in total. The lowest BCUT2D eigenvalue weighted by Gasteiger charge is -2.36. The molecular formula is C20H22BrFN2O2. The van der Waals surface area contributed by atoms with E-state index in [4.69, 9.17) is 4.74 Å². The molecule has 2 aromatic rings. The third kappa shape index (κ3) is 4.55. The number of anilines is 1. The quantitative estimate of drug-likeness (QED) is 0.735. The molecule has 0 aliphatic carbocycles. The molecule has 6 heteroatoms. The summed E-state index contributed by atoms with van der Waals surface area (Å²) in [6.45, 7) is 4.85. The van der Waals surface area contributed by atoms with Gasteiger partial charge in [-0.2, -0.15) is 0 Å². The van der Waals surface area contributed by atoms with Crippen LogP contribution in [-0.4, -0.2) is 43.6 Å². The highest BCUT2D eigenvalue weighted by Gasteiger charge is 2.21. The van der Waals surface area contributed by atoms with Gasteiger partial charge in [0.25, 0.3) is 5.91 Å². The molecule has 0 saturated carbocycles. The SMILES string of the molecule is CCc1ccc(OCC(=O)N2CCN(c3ccc(F)cc3)CC2)c(Br)c1. The van der Waals surface area contributed by atoms with E-state index in [1.807, 2.05) is 23.1 Å². The lowest BCUT2D eigenvalue weighted by molar-refractivity contribution is -0.133. The van der Waals surface area contributed by atoms with Crippen molar-refractivity contribution in [2.75, 3.05) is 37.7 Å². The average molecular weight is 421 g/mol. The maximum atomic E-state index is 13.0. The molecule has 3 rings (SSSR count). The number of hydrogen-bond acceptors (Lipinski definition) is 3. The minimum absolute atomic E-state index is 0.0183. The zero-order valence-electron chi connectivity index (χ0n) is 14.8. The van der Waals surface area contributed by atoms with Gasteiger partial charge in [-0.3, -0.25) is 4.79 Å². The first-order valence-electron chi connectivity index (χ1n) is 8.76. The highest BCUT2D eigenvalue weighted by molar-refractivity contribution is 9.10. The van der Waals surface area contributed by atoms with Crippen molar-refractivity contribution in [2.45, 2.75) is 13.3 Å². The number of amides is 1. The van der Waals surface area contributed by atoms with Gasteiger partial charge in [-0.15, -0.1) is 0 Å². The summed E-state index contributed by atoms with van der Waals surface area (Å²) >= 11 is 3.49. The summed E-state index contributed by atoms with van der Waals surface area (Å²) in [4.78, 5) is 16.4. The second kappa shape index (κ2) is 8.54. The van der Waals surface area contributed by atoms with Gasteiger partial charge in [-0.1, -0.05) is 13.0 Å². The van der Waals surface area contributed by atoms with Crippen LogP contribution < -0.4 is 9.64 Å². The van der Waals surface area contributed by atoms with Gasteiger partial charge < -0.3 is 14.5 Å². The van der Waals surface area contributed by atoms with Crippen LogP contribution in [-0.2, 0) is 11.2 Å². The van der Waals surface area contributed by atoms with Crippen molar-refractivity contribution in [3.05, 3.63) is 58.3 Å². The Balaban J connectivity index is 1.50. The van der Waals surface area contributed by atoms with Crippen LogP contribution >= 0.6 is 15.9 Å². The van der Waals surface area contributed by atoms with E-state index >= 15 is 0 Å². The molecule has 1 aliphatic rings. The zero-order chi connectivity index (χ0) is 18.5. The van der Waals surface area contributed by atoms with Gasteiger partial charge >= 0.3 is 0 Å². The van der Waals surface area contributed by atoms with Gasteiger partial charge in [0.15, 0.2) is 6.61 Å². The van der Waals surface area contributed by atoms with E-state index < -0.39 is 0 Å². The smallest absolute Gasteiger partial charge is 0.260 e. The number of piperazine rings is 1. The molecule has 138 valence electrons. The number of halogens is 2. The maximum absolute atomic E-state index is 13.0. The Kier molecular flexibility index (Phi) is 6.14. The summed E-state index contributed by atoms with van der Waals surface area (Å²) in [5, 5.41) is 0. The number of carbonyl (C=O) groups excluding carboxylic acids is 1. The Hall–Kier alpha value is -2.08. The van der Waals surface area contributed by atoms with Gasteiger partial charge in [0, 0.05) is 31.9 Å². The van der Waals surface area contributed by atoms with E-state index in [-0.39, 0.29) is 18.3 Å². The van der Waals surface area contributed by atoms with Crippen molar-refractivity contribution in [3.63, 3.8) is 0 Å². The molecule has 1 heterocycles. The molecule has 0 aromatic heterocycles. The molecule has 0 atom stereocenters. The maximum Gasteiger partial charge on any atom is 0.260 e. The Morgan fingerprint density at radius 2 is 1.81 bits per heavy atom. The second-order valence-electron chi connectivity index (χ2n) is 6.25. The molecule has 2 aromatic carbocycles. The number of carbonyl (C=O) groups is 1. The molecule has 1 saturated heterocycles. The molecule has 0 bridgehead atoms. The summed E-state index contributed by atoms with van der Waals surface area (Å²) < 4.78 is 19.6. The number of rotatable bonds is 5. The summed E-state index contributed by atoms with van der Waals surface area (Å²) in [6.07, 6.45) is 0.955. The van der Waals surface area contributed by atoms with E-state index in [0.29, 0.717) is 18.8 Å². The van der Waals surface area contributed by atoms with Crippen LogP contribution in [0.4, 0.5) is 10.1 Å². The van der Waals surface area contributed by atoms with Crippen LogP contribution in [0.3, 0.4) is 0 Å². The molecule has 0 radical (unpaired) electrons. The van der Waals surface area contributed by atoms with Gasteiger partial charge in [-0.25, -0.2) is 4.39 Å². The predicted molar refractivity (Wildman–Crippen MR) is 104 cm³/mol. The minimum atomic E-state index is -0.238. The molecule has 0 spiro atoms. The molecule has 4 nitrogen and oxygen atoms in total. The summed E-state index contributed by atoms with van der Waals surface area (Å²) in [5.74, 6) is 0.425. The molecule has 1 fully saturated rings. The van der Waals surface area contributed by atoms with Crippen LogP contribution in [0.15, 0.2) is 46.9 Å². The molecule has 26 heavy (non-hydrogen) atoms. The predicted octanol–water partition coefficient (Wildman–Crippen LogP) is 3.88. The number of benzene rings is 2. The summed E-state index contributed by atoms with van der Waals surface area (Å²) in [6, 6.07) is 12.4. The molecule has 0 unspecified atom stereocenters. The first kappa shape index (κ1) is 18.7. The van der Waals surface area contributed by atoms with Crippen LogP contribution in [0.2, 0.25) is 0 Å². The summed E-state index contributed by atoms with van der Waals surface area (Å²) in [5.41, 5.74) is 2.20. The largest absolute Gasteiger partial charge is 0.483 e. The zero-order valence-corrected chi connectivity index (χ0v) is 16.3. The fraction of sp³-hybridized carbons (Fsp3) is 0.350. The second-order valence-corrected chi connectivity index (χ2v) is 7.11. The monoisotopic (exact) mass is 420 g/mol. The third-order valence-electron chi connectivity index (χ3n) is 4.58. The van der Waals surface area contributed by atoms with E-state index in [1.165, 1.54) is 17.7 Å². The normalized spacial score (nSPS) is 14.4. The van der Waals surface area contributed by atoms with Crippen LogP contribution in [0, 0.1) is 5.82 Å². The van der Waals surface area contributed by atoms with Crippen molar-refractivity contribution < 1.29 is 13.9 Å². The topological polar surface area (TPSA) is 32.8 Å². The summed E-state index contributed by atoms with van der Waals surface area (Å²) in [7, 11) is 0. The highest BCUT2D eigenvalue weighted by atomic mass is 79.9. The fourth-order valence-electron chi connectivity index (χ4n) is 2.98. The highest BCUT2D eigenvalue weighted by Crippen LogP contribution is 2.26. The Morgan fingerprint density at radius 3 is 2.42 bits per heavy atom. The number of ether oxygens (including phenoxy) is 1.